The molecule has 0 saturated heterocycles. The lowest BCUT2D eigenvalue weighted by Crippen LogP contribution is -2.05. The quantitative estimate of drug-likeness (QED) is 0.780. The molecule has 0 aliphatic heterocycles. The second-order valence-electron chi connectivity index (χ2n) is 2.33. The van der Waals surface area contributed by atoms with E-state index in [2.05, 4.69) is 4.98 Å². The third kappa shape index (κ3) is 1.87. The molecular formula is C7H7ClF2N2O. The molecule has 0 bridgehead atoms. The van der Waals surface area contributed by atoms with Gasteiger partial charge in [-0.3, -0.25) is 4.98 Å². The van der Waals surface area contributed by atoms with Crippen molar-refractivity contribution in [2.75, 3.05) is 0 Å². The number of aromatic nitrogens is 1. The molecule has 0 unspecified atom stereocenters. The molecule has 0 amide bonds. The van der Waals surface area contributed by atoms with Crippen LogP contribution in [0.1, 0.15) is 17.7 Å². The van der Waals surface area contributed by atoms with Crippen molar-refractivity contribution in [2.45, 2.75) is 13.0 Å². The average Bonchev–Trinajstić information content (AvgIpc) is 2.09. The van der Waals surface area contributed by atoms with Crippen molar-refractivity contribution in [2.24, 2.45) is 5.73 Å². The van der Waals surface area contributed by atoms with Gasteiger partial charge in [-0.25, -0.2) is 8.78 Å². The van der Waals surface area contributed by atoms with Gasteiger partial charge in [-0.15, -0.1) is 0 Å². The minimum absolute atomic E-state index is 0.0170. The number of halogens is 3. The Hall–Kier alpha value is -0.940. The highest BCUT2D eigenvalue weighted by Gasteiger charge is 2.18. The van der Waals surface area contributed by atoms with Crippen LogP contribution in [0, 0.1) is 0 Å². The molecule has 3 N–H and O–H groups in total. The van der Waals surface area contributed by atoms with Crippen LogP contribution in [0.25, 0.3) is 0 Å². The SMILES string of the molecule is NCc1c(C(F)F)ncc(O)c1Cl. The molecule has 1 aromatic heterocycles. The normalized spacial score (nSPS) is 10.8. The molecule has 0 aliphatic rings. The molecule has 6 heteroatoms. The summed E-state index contributed by atoms with van der Waals surface area (Å²) in [5, 5.41) is 8.88. The van der Waals surface area contributed by atoms with E-state index in [0.29, 0.717) is 0 Å². The number of nitrogens with zero attached hydrogens (tertiary/aromatic N) is 1. The summed E-state index contributed by atoms with van der Waals surface area (Å²) in [6.07, 6.45) is -1.86. The van der Waals surface area contributed by atoms with Gasteiger partial charge >= 0.3 is 0 Å². The molecule has 1 rings (SSSR count). The minimum Gasteiger partial charge on any atom is -0.505 e. The maximum atomic E-state index is 12.3. The van der Waals surface area contributed by atoms with E-state index in [-0.39, 0.29) is 22.9 Å². The van der Waals surface area contributed by atoms with Crippen LogP contribution in [0.3, 0.4) is 0 Å². The Kier molecular flexibility index (Phi) is 3.00. The number of hydrogen-bond donors (Lipinski definition) is 2. The Bertz CT molecular complexity index is 320. The van der Waals surface area contributed by atoms with Crippen LogP contribution in [-0.4, -0.2) is 10.1 Å². The van der Waals surface area contributed by atoms with E-state index in [9.17, 15) is 8.78 Å². The van der Waals surface area contributed by atoms with Crippen molar-refractivity contribution >= 4 is 11.6 Å². The average molecular weight is 209 g/mol. The molecule has 0 atom stereocenters. The van der Waals surface area contributed by atoms with Gasteiger partial charge in [0.05, 0.1) is 11.2 Å². The molecule has 1 heterocycles. The monoisotopic (exact) mass is 208 g/mol. The van der Waals surface area contributed by atoms with Crippen LogP contribution in [0.4, 0.5) is 8.78 Å². The van der Waals surface area contributed by atoms with Gasteiger partial charge in [0.15, 0.2) is 5.75 Å². The van der Waals surface area contributed by atoms with Gasteiger partial charge in [-0.1, -0.05) is 11.6 Å². The van der Waals surface area contributed by atoms with Crippen molar-refractivity contribution < 1.29 is 13.9 Å². The van der Waals surface area contributed by atoms with Gasteiger partial charge < -0.3 is 10.8 Å². The van der Waals surface area contributed by atoms with E-state index >= 15 is 0 Å². The number of rotatable bonds is 2. The van der Waals surface area contributed by atoms with Crippen LogP contribution in [-0.2, 0) is 6.54 Å². The fourth-order valence-corrected chi connectivity index (χ4v) is 1.14. The van der Waals surface area contributed by atoms with E-state index in [0.717, 1.165) is 6.20 Å². The van der Waals surface area contributed by atoms with Crippen molar-refractivity contribution in [3.8, 4) is 5.75 Å². The molecule has 0 radical (unpaired) electrons. The molecular weight excluding hydrogens is 202 g/mol. The fraction of sp³-hybridized carbons (Fsp3) is 0.286. The molecule has 0 spiro atoms. The van der Waals surface area contributed by atoms with Gasteiger partial charge in [0.2, 0.25) is 0 Å². The first kappa shape index (κ1) is 10.1. The summed E-state index contributed by atoms with van der Waals surface area (Å²) in [5.41, 5.74) is 4.69. The Morgan fingerprint density at radius 1 is 1.62 bits per heavy atom. The lowest BCUT2D eigenvalue weighted by molar-refractivity contribution is 0.144. The summed E-state index contributed by atoms with van der Waals surface area (Å²) < 4.78 is 24.5. The van der Waals surface area contributed by atoms with E-state index in [1.165, 1.54) is 0 Å². The van der Waals surface area contributed by atoms with Crippen molar-refractivity contribution in [1.29, 1.82) is 0 Å². The van der Waals surface area contributed by atoms with Crippen molar-refractivity contribution in [3.63, 3.8) is 0 Å². The van der Waals surface area contributed by atoms with E-state index in [4.69, 9.17) is 22.4 Å². The summed E-state index contributed by atoms with van der Waals surface area (Å²) in [6.45, 7) is -0.181. The standard InChI is InChI=1S/C7H7ClF2N2O/c8-5-3(1-11)6(7(9)10)12-2-4(5)13/h2,7,13H,1,11H2. The van der Waals surface area contributed by atoms with Crippen molar-refractivity contribution in [1.82, 2.24) is 4.98 Å². The topological polar surface area (TPSA) is 59.1 Å². The molecule has 3 nitrogen and oxygen atoms in total. The smallest absolute Gasteiger partial charge is 0.280 e. The largest absolute Gasteiger partial charge is 0.505 e. The van der Waals surface area contributed by atoms with E-state index in [1.807, 2.05) is 0 Å². The Morgan fingerprint density at radius 3 is 2.69 bits per heavy atom. The predicted molar refractivity (Wildman–Crippen MR) is 43.8 cm³/mol. The second-order valence-corrected chi connectivity index (χ2v) is 2.70. The summed E-state index contributed by atoms with van der Waals surface area (Å²) in [6, 6.07) is 0. The van der Waals surface area contributed by atoms with Crippen LogP contribution < -0.4 is 5.73 Å². The van der Waals surface area contributed by atoms with E-state index in [1.54, 1.807) is 0 Å². The maximum absolute atomic E-state index is 12.3. The highest BCUT2D eigenvalue weighted by Crippen LogP contribution is 2.31. The molecule has 0 aliphatic carbocycles. The molecule has 0 saturated carbocycles. The molecule has 0 fully saturated rings. The van der Waals surface area contributed by atoms with Gasteiger partial charge in [0.1, 0.15) is 5.69 Å². The van der Waals surface area contributed by atoms with Crippen LogP contribution >= 0.6 is 11.6 Å². The van der Waals surface area contributed by atoms with Gasteiger partial charge in [0, 0.05) is 12.1 Å². The number of pyridine rings is 1. The first-order valence-corrected chi connectivity index (χ1v) is 3.80. The minimum atomic E-state index is -2.74. The zero-order valence-corrected chi connectivity index (χ0v) is 7.22. The Labute approximate surface area is 78.1 Å². The number of alkyl halides is 2. The molecule has 72 valence electrons. The lowest BCUT2D eigenvalue weighted by atomic mass is 10.2. The molecule has 1 aromatic rings. The highest BCUT2D eigenvalue weighted by molar-refractivity contribution is 6.32. The Balaban J connectivity index is 3.30. The summed E-state index contributed by atoms with van der Waals surface area (Å²) in [5.74, 6) is -0.341. The third-order valence-corrected chi connectivity index (χ3v) is 1.96. The highest BCUT2D eigenvalue weighted by atomic mass is 35.5. The summed E-state index contributed by atoms with van der Waals surface area (Å²) in [7, 11) is 0. The summed E-state index contributed by atoms with van der Waals surface area (Å²) >= 11 is 5.54. The van der Waals surface area contributed by atoms with Gasteiger partial charge in [-0.05, 0) is 0 Å². The first-order chi connectivity index (χ1) is 6.07. The fourth-order valence-electron chi connectivity index (χ4n) is 0.915. The zero-order valence-electron chi connectivity index (χ0n) is 6.47. The van der Waals surface area contributed by atoms with Gasteiger partial charge in [-0.2, -0.15) is 0 Å². The summed E-state index contributed by atoms with van der Waals surface area (Å²) in [4.78, 5) is 3.34. The second kappa shape index (κ2) is 3.85. The van der Waals surface area contributed by atoms with Crippen molar-refractivity contribution in [3.05, 3.63) is 22.5 Å². The molecule has 13 heavy (non-hydrogen) atoms. The number of hydrogen-bond acceptors (Lipinski definition) is 3. The maximum Gasteiger partial charge on any atom is 0.280 e. The lowest BCUT2D eigenvalue weighted by Gasteiger charge is -2.08. The van der Waals surface area contributed by atoms with Crippen LogP contribution in [0.15, 0.2) is 6.20 Å². The zero-order chi connectivity index (χ0) is 10.0. The van der Waals surface area contributed by atoms with E-state index < -0.39 is 12.1 Å². The Morgan fingerprint density at radius 2 is 2.23 bits per heavy atom. The third-order valence-electron chi connectivity index (χ3n) is 1.54. The number of aromatic hydroxyl groups is 1. The number of nitrogens with two attached hydrogens (primary N) is 1. The predicted octanol–water partition coefficient (Wildman–Crippen LogP) is 1.84. The first-order valence-electron chi connectivity index (χ1n) is 3.42. The van der Waals surface area contributed by atoms with Crippen LogP contribution in [0.5, 0.6) is 5.75 Å². The van der Waals surface area contributed by atoms with Crippen LogP contribution in [0.2, 0.25) is 5.02 Å². The van der Waals surface area contributed by atoms with Gasteiger partial charge in [0.25, 0.3) is 6.43 Å². The molecule has 0 aromatic carbocycles.